The summed E-state index contributed by atoms with van der Waals surface area (Å²) in [5.74, 6) is -1.55. The van der Waals surface area contributed by atoms with Gasteiger partial charge in [-0.15, -0.1) is 0 Å². The first-order valence-electron chi connectivity index (χ1n) is 11.4. The third-order valence-corrected chi connectivity index (χ3v) is 8.43. The van der Waals surface area contributed by atoms with Gasteiger partial charge in [0.05, 0.1) is 24.7 Å². The van der Waals surface area contributed by atoms with E-state index in [1.807, 2.05) is 19.1 Å². The molecule has 0 unspecified atom stereocenters. The molecule has 0 bridgehead atoms. The molecule has 0 amide bonds. The van der Waals surface area contributed by atoms with Crippen LogP contribution in [-0.2, 0) is 16.0 Å². The maximum atomic E-state index is 14.7. The number of aromatic nitrogens is 2. The molecule has 3 aliphatic rings. The van der Waals surface area contributed by atoms with Crippen molar-refractivity contribution in [3.8, 4) is 5.69 Å². The van der Waals surface area contributed by atoms with Crippen LogP contribution in [0.5, 0.6) is 0 Å². The number of hydrogen-bond donors (Lipinski definition) is 0. The van der Waals surface area contributed by atoms with Crippen LogP contribution in [0.25, 0.3) is 11.8 Å². The summed E-state index contributed by atoms with van der Waals surface area (Å²) in [5.41, 5.74) is -0.499. The highest BCUT2D eigenvalue weighted by molar-refractivity contribution is 5.81. The largest absolute Gasteiger partial charge is 0.468 e. The molecular weight excluding hydrogens is 448 g/mol. The van der Waals surface area contributed by atoms with Crippen molar-refractivity contribution < 1.29 is 27.1 Å². The number of halogens is 4. The number of esters is 1. The van der Waals surface area contributed by atoms with Gasteiger partial charge in [-0.05, 0) is 68.0 Å². The van der Waals surface area contributed by atoms with Crippen LogP contribution < -0.4 is 0 Å². The molecule has 1 aromatic carbocycles. The molecule has 8 heteroatoms. The molecule has 0 saturated heterocycles. The summed E-state index contributed by atoms with van der Waals surface area (Å²) in [6.45, 7) is 3.56. The fraction of sp³-hybridized carbons (Fsp3) is 0.462. The normalized spacial score (nSPS) is 30.4. The average Bonchev–Trinajstić information content (AvgIpc) is 3.18. The van der Waals surface area contributed by atoms with E-state index < -0.39 is 28.4 Å². The Bertz CT molecular complexity index is 1230. The van der Waals surface area contributed by atoms with Crippen LogP contribution in [0, 0.1) is 22.1 Å². The van der Waals surface area contributed by atoms with Gasteiger partial charge in [0.1, 0.15) is 5.82 Å². The molecule has 1 heterocycles. The Hall–Kier alpha value is -2.90. The van der Waals surface area contributed by atoms with Gasteiger partial charge in [0, 0.05) is 10.8 Å². The zero-order valence-corrected chi connectivity index (χ0v) is 19.3. The molecule has 1 saturated carbocycles. The van der Waals surface area contributed by atoms with E-state index in [9.17, 15) is 22.4 Å². The highest BCUT2D eigenvalue weighted by Gasteiger charge is 2.73. The van der Waals surface area contributed by atoms with Crippen molar-refractivity contribution in [2.45, 2.75) is 52.1 Å². The van der Waals surface area contributed by atoms with Crippen molar-refractivity contribution >= 4 is 12.0 Å². The Balaban J connectivity index is 1.62. The zero-order chi connectivity index (χ0) is 24.5. The molecule has 0 radical (unpaired) electrons. The molecular formula is C26H26F4N2O2. The number of benzene rings is 1. The molecule has 180 valence electrons. The molecule has 5 rings (SSSR count). The minimum absolute atomic E-state index is 0.157. The monoisotopic (exact) mass is 474 g/mol. The first kappa shape index (κ1) is 22.9. The van der Waals surface area contributed by atoms with Crippen LogP contribution >= 0.6 is 0 Å². The lowest BCUT2D eigenvalue weighted by Crippen LogP contribution is -2.61. The molecule has 1 fully saturated rings. The Labute approximate surface area is 195 Å². The van der Waals surface area contributed by atoms with Crippen LogP contribution in [0.3, 0.4) is 0 Å². The van der Waals surface area contributed by atoms with Crippen LogP contribution in [0.15, 0.2) is 47.7 Å². The number of nitrogens with zero attached hydrogens (tertiary/aromatic N) is 2. The Morgan fingerprint density at radius 3 is 2.50 bits per heavy atom. The highest BCUT2D eigenvalue weighted by atomic mass is 19.4. The molecule has 0 aliphatic heterocycles. The fourth-order valence-electron chi connectivity index (χ4n) is 6.71. The van der Waals surface area contributed by atoms with Gasteiger partial charge in [-0.2, -0.15) is 18.3 Å². The standard InChI is InChI=1S/C26H26F4N2O2/c1-23-14-16-15-31-32(19-8-6-18(27)7-9-19)20(16)13-17(23)10-12-24(2)21(23)5-4-11-25(24,22(33)34-3)26(28,29)30/h5-9,13,15H,4,10-12,14H2,1-3H3/t23-,24+,25+/m0/s1. The first-order chi connectivity index (χ1) is 16.0. The summed E-state index contributed by atoms with van der Waals surface area (Å²) in [4.78, 5) is 12.8. The Morgan fingerprint density at radius 2 is 1.85 bits per heavy atom. The Morgan fingerprint density at radius 1 is 1.15 bits per heavy atom. The number of carbonyl (C=O) groups excluding carboxylic acids is 1. The first-order valence-corrected chi connectivity index (χ1v) is 11.4. The number of fused-ring (bicyclic) bond motifs is 4. The van der Waals surface area contributed by atoms with Crippen LogP contribution in [0.2, 0.25) is 0 Å². The number of carbonyl (C=O) groups is 1. The maximum absolute atomic E-state index is 14.7. The van der Waals surface area contributed by atoms with E-state index in [4.69, 9.17) is 4.74 Å². The summed E-state index contributed by atoms with van der Waals surface area (Å²) < 4.78 is 63.9. The van der Waals surface area contributed by atoms with Crippen molar-refractivity contribution in [2.24, 2.45) is 16.2 Å². The molecule has 0 N–H and O–H groups in total. The third kappa shape index (κ3) is 2.83. The number of alkyl halides is 3. The summed E-state index contributed by atoms with van der Waals surface area (Å²) >= 11 is 0. The SMILES string of the molecule is COC(=O)[C@]1(C(F)(F)F)CCC=C2[C@@]3(C)Cc4cnn(-c5ccc(F)cc5)c4C=C3CC[C@]21C. The van der Waals surface area contributed by atoms with Gasteiger partial charge in [0.15, 0.2) is 5.41 Å². The van der Waals surface area contributed by atoms with Gasteiger partial charge in [-0.1, -0.05) is 31.1 Å². The van der Waals surface area contributed by atoms with Crippen molar-refractivity contribution in [2.75, 3.05) is 7.11 Å². The number of allylic oxidation sites excluding steroid dienone is 3. The number of hydrogen-bond acceptors (Lipinski definition) is 3. The zero-order valence-electron chi connectivity index (χ0n) is 19.3. The second-order valence-corrected chi connectivity index (χ2v) is 10.0. The molecule has 1 aromatic heterocycles. The van der Waals surface area contributed by atoms with Crippen LogP contribution in [0.4, 0.5) is 17.6 Å². The van der Waals surface area contributed by atoms with Gasteiger partial charge in [-0.25, -0.2) is 9.07 Å². The van der Waals surface area contributed by atoms with Crippen LogP contribution in [-0.4, -0.2) is 29.0 Å². The molecule has 4 nitrogen and oxygen atoms in total. The molecule has 34 heavy (non-hydrogen) atoms. The van der Waals surface area contributed by atoms with Crippen molar-refractivity contribution in [3.05, 3.63) is 64.8 Å². The summed E-state index contributed by atoms with van der Waals surface area (Å²) in [6, 6.07) is 6.02. The van der Waals surface area contributed by atoms with Gasteiger partial charge in [0.2, 0.25) is 0 Å². The topological polar surface area (TPSA) is 44.1 Å². The van der Waals surface area contributed by atoms with Crippen molar-refractivity contribution in [1.29, 1.82) is 0 Å². The second-order valence-electron chi connectivity index (χ2n) is 10.0. The number of methoxy groups -OCH3 is 1. The molecule has 3 aliphatic carbocycles. The van der Waals surface area contributed by atoms with E-state index in [2.05, 4.69) is 5.10 Å². The maximum Gasteiger partial charge on any atom is 0.405 e. The van der Waals surface area contributed by atoms with E-state index in [0.717, 1.165) is 23.9 Å². The molecule has 3 atom stereocenters. The molecule has 0 spiro atoms. The van der Waals surface area contributed by atoms with Gasteiger partial charge in [-0.3, -0.25) is 4.79 Å². The lowest BCUT2D eigenvalue weighted by atomic mass is 9.44. The van der Waals surface area contributed by atoms with E-state index in [-0.39, 0.29) is 25.1 Å². The second kappa shape index (κ2) is 7.30. The smallest absolute Gasteiger partial charge is 0.405 e. The fourth-order valence-corrected chi connectivity index (χ4v) is 6.71. The van der Waals surface area contributed by atoms with E-state index in [1.54, 1.807) is 29.9 Å². The minimum atomic E-state index is -4.74. The summed E-state index contributed by atoms with van der Waals surface area (Å²) in [7, 11) is 1.03. The quantitative estimate of drug-likeness (QED) is 0.296. The van der Waals surface area contributed by atoms with Gasteiger partial charge < -0.3 is 4.74 Å². The lowest BCUT2D eigenvalue weighted by molar-refractivity contribution is -0.267. The van der Waals surface area contributed by atoms with E-state index >= 15 is 0 Å². The predicted octanol–water partition coefficient (Wildman–Crippen LogP) is 6.20. The summed E-state index contributed by atoms with van der Waals surface area (Å²) in [5, 5.41) is 4.49. The minimum Gasteiger partial charge on any atom is -0.468 e. The number of rotatable bonds is 2. The lowest BCUT2D eigenvalue weighted by Gasteiger charge is -2.59. The summed E-state index contributed by atoms with van der Waals surface area (Å²) in [6.07, 6.45) is 1.85. The highest BCUT2D eigenvalue weighted by Crippen LogP contribution is 2.69. The third-order valence-electron chi connectivity index (χ3n) is 8.43. The van der Waals surface area contributed by atoms with Crippen molar-refractivity contribution in [3.63, 3.8) is 0 Å². The Kier molecular flexibility index (Phi) is 4.91. The average molecular weight is 474 g/mol. The van der Waals surface area contributed by atoms with E-state index in [0.29, 0.717) is 24.1 Å². The van der Waals surface area contributed by atoms with Crippen molar-refractivity contribution in [1.82, 2.24) is 9.78 Å². The molecule has 2 aromatic rings. The van der Waals surface area contributed by atoms with Gasteiger partial charge >= 0.3 is 12.1 Å². The van der Waals surface area contributed by atoms with Crippen LogP contribution in [0.1, 0.15) is 50.8 Å². The predicted molar refractivity (Wildman–Crippen MR) is 118 cm³/mol. The van der Waals surface area contributed by atoms with E-state index in [1.165, 1.54) is 12.1 Å². The number of ether oxygens (including phenoxy) is 1. The van der Waals surface area contributed by atoms with Gasteiger partial charge in [0.25, 0.3) is 0 Å².